The van der Waals surface area contributed by atoms with E-state index in [9.17, 15) is 4.79 Å². The average molecular weight is 337 g/mol. The lowest BCUT2D eigenvalue weighted by molar-refractivity contribution is -0.122. The van der Waals surface area contributed by atoms with E-state index in [1.165, 1.54) is 0 Å². The molecule has 2 aromatic heterocycles. The summed E-state index contributed by atoms with van der Waals surface area (Å²) in [5.74, 6) is 0.983. The normalized spacial score (nSPS) is 11.2. The number of likely N-dealkylation sites (N-methyl/N-ethyl adjacent to an activating group) is 1. The minimum Gasteiger partial charge on any atom is -0.351 e. The van der Waals surface area contributed by atoms with E-state index in [0.717, 1.165) is 28.0 Å². The molecule has 0 unspecified atom stereocenters. The Bertz CT molecular complexity index is 872. The van der Waals surface area contributed by atoms with Crippen molar-refractivity contribution in [3.8, 4) is 0 Å². The van der Waals surface area contributed by atoms with Gasteiger partial charge in [0.05, 0.1) is 17.6 Å². The quantitative estimate of drug-likeness (QED) is 0.747. The molecule has 0 atom stereocenters. The van der Waals surface area contributed by atoms with Gasteiger partial charge >= 0.3 is 0 Å². The lowest BCUT2D eigenvalue weighted by Crippen LogP contribution is -2.34. The highest BCUT2D eigenvalue weighted by atomic mass is 16.2. The van der Waals surface area contributed by atoms with Crippen LogP contribution in [-0.2, 0) is 24.9 Å². The maximum atomic E-state index is 12.2. The largest absolute Gasteiger partial charge is 0.351 e. The molecule has 0 saturated heterocycles. The molecule has 0 radical (unpaired) electrons. The van der Waals surface area contributed by atoms with Crippen molar-refractivity contribution in [1.82, 2.24) is 24.8 Å². The number of nitrogens with one attached hydrogen (secondary N) is 1. The summed E-state index contributed by atoms with van der Waals surface area (Å²) in [6.07, 6.45) is 3.56. The van der Waals surface area contributed by atoms with Gasteiger partial charge in [-0.3, -0.25) is 14.7 Å². The van der Waals surface area contributed by atoms with Gasteiger partial charge < -0.3 is 9.88 Å². The van der Waals surface area contributed by atoms with E-state index in [1.54, 1.807) is 6.20 Å². The molecule has 1 aromatic carbocycles. The molecule has 1 amide bonds. The van der Waals surface area contributed by atoms with Gasteiger partial charge in [0.15, 0.2) is 0 Å². The molecule has 1 N–H and O–H groups in total. The van der Waals surface area contributed by atoms with Crippen LogP contribution < -0.4 is 5.32 Å². The number of fused-ring (bicyclic) bond motifs is 1. The van der Waals surface area contributed by atoms with Crippen molar-refractivity contribution in [3.63, 3.8) is 0 Å². The molecule has 0 fully saturated rings. The molecule has 0 bridgehead atoms. The zero-order valence-electron chi connectivity index (χ0n) is 14.9. The number of imidazole rings is 1. The van der Waals surface area contributed by atoms with Crippen LogP contribution in [0.25, 0.3) is 11.0 Å². The van der Waals surface area contributed by atoms with Crippen LogP contribution in [0.4, 0.5) is 0 Å². The molecule has 0 spiro atoms. The average Bonchev–Trinajstić information content (AvgIpc) is 2.87. The first-order valence-electron chi connectivity index (χ1n) is 8.29. The highest BCUT2D eigenvalue weighted by Gasteiger charge is 2.09. The molecule has 0 aliphatic carbocycles. The second-order valence-corrected chi connectivity index (χ2v) is 6.35. The molecular weight excluding hydrogens is 314 g/mol. The Morgan fingerprint density at radius 1 is 1.28 bits per heavy atom. The fraction of sp³-hybridized carbons (Fsp3) is 0.316. The van der Waals surface area contributed by atoms with Crippen molar-refractivity contribution in [2.24, 2.45) is 7.05 Å². The predicted molar refractivity (Wildman–Crippen MR) is 97.9 cm³/mol. The van der Waals surface area contributed by atoms with Crippen LogP contribution in [0.5, 0.6) is 0 Å². The smallest absolute Gasteiger partial charge is 0.234 e. The molecule has 0 saturated carbocycles. The molecule has 0 aliphatic heterocycles. The van der Waals surface area contributed by atoms with Gasteiger partial charge in [-0.2, -0.15) is 0 Å². The lowest BCUT2D eigenvalue weighted by Gasteiger charge is -2.16. The van der Waals surface area contributed by atoms with E-state index < -0.39 is 0 Å². The third kappa shape index (κ3) is 4.22. The molecule has 2 heterocycles. The number of hydrogen-bond acceptors (Lipinski definition) is 4. The summed E-state index contributed by atoms with van der Waals surface area (Å²) < 4.78 is 2.06. The first kappa shape index (κ1) is 17.1. The van der Waals surface area contributed by atoms with Crippen LogP contribution in [0.3, 0.4) is 0 Å². The summed E-state index contributed by atoms with van der Waals surface area (Å²) in [5.41, 5.74) is 4.20. The van der Waals surface area contributed by atoms with Crippen LogP contribution in [0.2, 0.25) is 0 Å². The van der Waals surface area contributed by atoms with Gasteiger partial charge in [-0.25, -0.2) is 4.98 Å². The number of rotatable bonds is 6. The zero-order valence-corrected chi connectivity index (χ0v) is 14.9. The molecule has 25 heavy (non-hydrogen) atoms. The molecule has 130 valence electrons. The van der Waals surface area contributed by atoms with Crippen molar-refractivity contribution < 1.29 is 4.79 Å². The monoisotopic (exact) mass is 337 g/mol. The molecular formula is C19H23N5O. The standard InChI is InChI=1S/C19H23N5O/c1-14-22-17-9-15(6-7-18(17)24(14)3)11-21-19(25)13-23(2)12-16-5-4-8-20-10-16/h4-10H,11-13H2,1-3H3,(H,21,25). The maximum Gasteiger partial charge on any atom is 0.234 e. The summed E-state index contributed by atoms with van der Waals surface area (Å²) >= 11 is 0. The minimum atomic E-state index is 0.00342. The van der Waals surface area contributed by atoms with Crippen molar-refractivity contribution in [2.75, 3.05) is 13.6 Å². The van der Waals surface area contributed by atoms with E-state index in [2.05, 4.69) is 19.9 Å². The minimum absolute atomic E-state index is 0.00342. The lowest BCUT2D eigenvalue weighted by atomic mass is 10.2. The number of benzene rings is 1. The SMILES string of the molecule is Cc1nc2cc(CNC(=O)CN(C)Cc3cccnc3)ccc2n1C. The second-order valence-electron chi connectivity index (χ2n) is 6.35. The van der Waals surface area contributed by atoms with E-state index in [1.807, 2.05) is 62.4 Å². The van der Waals surface area contributed by atoms with Gasteiger partial charge in [0.2, 0.25) is 5.91 Å². The van der Waals surface area contributed by atoms with E-state index in [-0.39, 0.29) is 5.91 Å². The van der Waals surface area contributed by atoms with Gasteiger partial charge in [0.1, 0.15) is 5.82 Å². The number of amides is 1. The first-order chi connectivity index (χ1) is 12.0. The van der Waals surface area contributed by atoms with Crippen LogP contribution in [0, 0.1) is 6.92 Å². The Morgan fingerprint density at radius 2 is 2.12 bits per heavy atom. The number of hydrogen-bond donors (Lipinski definition) is 1. The Morgan fingerprint density at radius 3 is 2.88 bits per heavy atom. The fourth-order valence-corrected chi connectivity index (χ4v) is 2.84. The first-order valence-corrected chi connectivity index (χ1v) is 8.29. The van der Waals surface area contributed by atoms with Crippen molar-refractivity contribution in [3.05, 3.63) is 59.7 Å². The van der Waals surface area contributed by atoms with Crippen molar-refractivity contribution in [1.29, 1.82) is 0 Å². The Balaban J connectivity index is 1.53. The van der Waals surface area contributed by atoms with Crippen molar-refractivity contribution in [2.45, 2.75) is 20.0 Å². The Labute approximate surface area is 147 Å². The van der Waals surface area contributed by atoms with Gasteiger partial charge in [-0.1, -0.05) is 12.1 Å². The summed E-state index contributed by atoms with van der Waals surface area (Å²) in [4.78, 5) is 22.7. The summed E-state index contributed by atoms with van der Waals surface area (Å²) in [6, 6.07) is 10.0. The Hall–Kier alpha value is -2.73. The number of pyridine rings is 1. The molecule has 3 aromatic rings. The van der Waals surface area contributed by atoms with Crippen LogP contribution in [0.15, 0.2) is 42.7 Å². The number of aromatic nitrogens is 3. The molecule has 0 aliphatic rings. The van der Waals surface area contributed by atoms with Crippen molar-refractivity contribution >= 4 is 16.9 Å². The van der Waals surface area contributed by atoms with E-state index in [4.69, 9.17) is 0 Å². The fourth-order valence-electron chi connectivity index (χ4n) is 2.84. The number of aryl methyl sites for hydroxylation is 2. The van der Waals surface area contributed by atoms with Gasteiger partial charge in [0, 0.05) is 32.5 Å². The Kier molecular flexibility index (Phi) is 5.09. The predicted octanol–water partition coefficient (Wildman–Crippen LogP) is 2.02. The summed E-state index contributed by atoms with van der Waals surface area (Å²) in [5, 5.41) is 2.97. The molecule has 3 rings (SSSR count). The third-order valence-electron chi connectivity index (χ3n) is 4.25. The van der Waals surface area contributed by atoms with E-state index >= 15 is 0 Å². The third-order valence-corrected chi connectivity index (χ3v) is 4.25. The second kappa shape index (κ2) is 7.44. The van der Waals surface area contributed by atoms with Gasteiger partial charge in [-0.15, -0.1) is 0 Å². The van der Waals surface area contributed by atoms with Gasteiger partial charge in [-0.05, 0) is 43.3 Å². The van der Waals surface area contributed by atoms with Crippen LogP contribution >= 0.6 is 0 Å². The number of nitrogens with zero attached hydrogens (tertiary/aromatic N) is 4. The maximum absolute atomic E-state index is 12.2. The zero-order chi connectivity index (χ0) is 17.8. The summed E-state index contributed by atoms with van der Waals surface area (Å²) in [7, 11) is 3.93. The van der Waals surface area contributed by atoms with Gasteiger partial charge in [0.25, 0.3) is 0 Å². The molecule has 6 heteroatoms. The number of carbonyl (C=O) groups excluding carboxylic acids is 1. The summed E-state index contributed by atoms with van der Waals surface area (Å²) in [6.45, 7) is 3.53. The highest BCUT2D eigenvalue weighted by Crippen LogP contribution is 2.16. The van der Waals surface area contributed by atoms with Crippen LogP contribution in [-0.4, -0.2) is 38.9 Å². The topological polar surface area (TPSA) is 63.1 Å². The number of carbonyl (C=O) groups is 1. The van der Waals surface area contributed by atoms with E-state index in [0.29, 0.717) is 19.6 Å². The molecule has 6 nitrogen and oxygen atoms in total. The van der Waals surface area contributed by atoms with Crippen LogP contribution in [0.1, 0.15) is 17.0 Å². The highest BCUT2D eigenvalue weighted by molar-refractivity contribution is 5.79.